The summed E-state index contributed by atoms with van der Waals surface area (Å²) in [5.41, 5.74) is 0.182. The van der Waals surface area contributed by atoms with Gasteiger partial charge in [-0.25, -0.2) is 23.5 Å². The lowest BCUT2D eigenvalue weighted by Crippen LogP contribution is -2.08. The van der Waals surface area contributed by atoms with Crippen molar-refractivity contribution in [3.63, 3.8) is 0 Å². The maximum atomic E-state index is 12.8. The van der Waals surface area contributed by atoms with Crippen molar-refractivity contribution in [1.82, 2.24) is 9.97 Å². The van der Waals surface area contributed by atoms with Crippen LogP contribution in [0, 0.1) is 6.92 Å². The molecule has 2 heterocycles. The average molecular weight is 270 g/mol. The van der Waals surface area contributed by atoms with Crippen molar-refractivity contribution in [1.29, 1.82) is 0 Å². The molecule has 0 atom stereocenters. The van der Waals surface area contributed by atoms with Gasteiger partial charge in [-0.3, -0.25) is 0 Å². The van der Waals surface area contributed by atoms with Gasteiger partial charge >= 0.3 is 5.97 Å². The normalized spacial score (nSPS) is 10.9. The first-order chi connectivity index (χ1) is 8.50. The van der Waals surface area contributed by atoms with E-state index in [-0.39, 0.29) is 5.82 Å². The lowest BCUT2D eigenvalue weighted by atomic mass is 10.2. The molecule has 0 spiro atoms. The third-order valence-corrected chi connectivity index (χ3v) is 3.21. The second-order valence-corrected chi connectivity index (χ2v) is 4.31. The Labute approximate surface area is 105 Å². The first kappa shape index (κ1) is 12.6. The fourth-order valence-corrected chi connectivity index (χ4v) is 2.27. The fraction of sp³-hybridized carbons (Fsp3) is 0.182. The summed E-state index contributed by atoms with van der Waals surface area (Å²) >= 11 is 1.40. The van der Waals surface area contributed by atoms with E-state index < -0.39 is 23.7 Å². The molecule has 2 aromatic rings. The van der Waals surface area contributed by atoms with Gasteiger partial charge < -0.3 is 5.11 Å². The Morgan fingerprint density at radius 3 is 2.67 bits per heavy atom. The molecule has 0 fully saturated rings. The minimum atomic E-state index is -2.95. The Morgan fingerprint density at radius 2 is 2.17 bits per heavy atom. The van der Waals surface area contributed by atoms with Crippen LogP contribution in [0.25, 0.3) is 11.4 Å². The van der Waals surface area contributed by atoms with Crippen LogP contribution in [0.2, 0.25) is 0 Å². The molecule has 0 radical (unpaired) electrons. The van der Waals surface area contributed by atoms with E-state index in [9.17, 15) is 13.6 Å². The molecule has 94 valence electrons. The van der Waals surface area contributed by atoms with E-state index in [0.717, 1.165) is 11.8 Å². The molecule has 2 aromatic heterocycles. The van der Waals surface area contributed by atoms with Crippen LogP contribution < -0.4 is 0 Å². The van der Waals surface area contributed by atoms with Gasteiger partial charge in [-0.15, -0.1) is 0 Å². The monoisotopic (exact) mass is 270 g/mol. The number of carboxylic acids is 1. The van der Waals surface area contributed by atoms with Gasteiger partial charge in [0.25, 0.3) is 6.43 Å². The van der Waals surface area contributed by atoms with E-state index in [1.54, 1.807) is 5.38 Å². The van der Waals surface area contributed by atoms with Crippen molar-refractivity contribution < 1.29 is 18.7 Å². The molecule has 2 rings (SSSR count). The number of carboxylic acid groups (broad SMARTS) is 1. The summed E-state index contributed by atoms with van der Waals surface area (Å²) in [6, 6.07) is 0. The van der Waals surface area contributed by atoms with Gasteiger partial charge in [-0.05, 0) is 17.9 Å². The van der Waals surface area contributed by atoms with Crippen LogP contribution in [0.3, 0.4) is 0 Å². The number of aryl methyl sites for hydroxylation is 1. The van der Waals surface area contributed by atoms with Crippen LogP contribution in [-0.2, 0) is 0 Å². The van der Waals surface area contributed by atoms with Crippen LogP contribution >= 0.6 is 11.3 Å². The predicted octanol–water partition coefficient (Wildman–Crippen LogP) is 3.15. The lowest BCUT2D eigenvalue weighted by Gasteiger charge is -2.06. The van der Waals surface area contributed by atoms with Crippen LogP contribution in [0.1, 0.15) is 28.0 Å². The van der Waals surface area contributed by atoms with Gasteiger partial charge in [0.05, 0.1) is 0 Å². The lowest BCUT2D eigenvalue weighted by molar-refractivity contribution is 0.0681. The van der Waals surface area contributed by atoms with Crippen LogP contribution in [-0.4, -0.2) is 21.0 Å². The zero-order chi connectivity index (χ0) is 13.3. The molecule has 0 aliphatic carbocycles. The summed E-state index contributed by atoms with van der Waals surface area (Å²) in [5, 5.41) is 12.4. The molecular weight excluding hydrogens is 262 g/mol. The highest BCUT2D eigenvalue weighted by molar-refractivity contribution is 7.08. The average Bonchev–Trinajstić information content (AvgIpc) is 2.74. The number of aromatic nitrogens is 2. The van der Waals surface area contributed by atoms with E-state index in [1.165, 1.54) is 11.3 Å². The summed E-state index contributed by atoms with van der Waals surface area (Å²) in [6.45, 7) is 1.81. The molecule has 0 saturated carbocycles. The molecule has 0 saturated heterocycles. The summed E-state index contributed by atoms with van der Waals surface area (Å²) in [6.07, 6.45) is -2.03. The molecule has 4 nitrogen and oxygen atoms in total. The van der Waals surface area contributed by atoms with Crippen molar-refractivity contribution >= 4 is 17.3 Å². The number of hydrogen-bond acceptors (Lipinski definition) is 4. The molecule has 0 aliphatic heterocycles. The molecule has 1 N–H and O–H groups in total. The van der Waals surface area contributed by atoms with Gasteiger partial charge in [0.1, 0.15) is 11.3 Å². The molecule has 7 heteroatoms. The standard InChI is InChI=1S/C11H8F2N2O2S/c1-5-3-18-4-7(5)10-14-2-6(11(16)17)8(15-10)9(12)13/h2-4,9H,1H3,(H,16,17). The maximum absolute atomic E-state index is 12.8. The molecule has 0 aliphatic rings. The van der Waals surface area contributed by atoms with Crippen molar-refractivity contribution in [2.75, 3.05) is 0 Å². The summed E-state index contributed by atoms with van der Waals surface area (Å²) in [4.78, 5) is 18.3. The molecule has 0 aromatic carbocycles. The van der Waals surface area contributed by atoms with E-state index in [0.29, 0.717) is 5.56 Å². The Morgan fingerprint density at radius 1 is 1.44 bits per heavy atom. The number of aromatic carboxylic acids is 1. The Bertz CT molecular complexity index is 598. The third-order valence-electron chi connectivity index (χ3n) is 2.35. The Hall–Kier alpha value is -1.89. The molecule has 18 heavy (non-hydrogen) atoms. The summed E-state index contributed by atoms with van der Waals surface area (Å²) < 4.78 is 25.5. The molecule has 0 bridgehead atoms. The van der Waals surface area contributed by atoms with Gasteiger partial charge in [-0.1, -0.05) is 0 Å². The second-order valence-electron chi connectivity index (χ2n) is 3.57. The summed E-state index contributed by atoms with van der Waals surface area (Å²) in [7, 11) is 0. The number of hydrogen-bond donors (Lipinski definition) is 1. The van der Waals surface area contributed by atoms with Gasteiger partial charge in [0.2, 0.25) is 0 Å². The van der Waals surface area contributed by atoms with E-state index in [1.807, 2.05) is 12.3 Å². The van der Waals surface area contributed by atoms with Gasteiger partial charge in [0.15, 0.2) is 5.82 Å². The van der Waals surface area contributed by atoms with Crippen LogP contribution in [0.15, 0.2) is 17.0 Å². The Balaban J connectivity index is 2.57. The Kier molecular flexibility index (Phi) is 3.33. The quantitative estimate of drug-likeness (QED) is 0.930. The van der Waals surface area contributed by atoms with Crippen LogP contribution in [0.4, 0.5) is 8.78 Å². The third kappa shape index (κ3) is 2.21. The minimum absolute atomic E-state index is 0.119. The van der Waals surface area contributed by atoms with E-state index >= 15 is 0 Å². The topological polar surface area (TPSA) is 63.1 Å². The van der Waals surface area contributed by atoms with Crippen molar-refractivity contribution in [2.24, 2.45) is 0 Å². The number of carbonyl (C=O) groups is 1. The van der Waals surface area contributed by atoms with Crippen molar-refractivity contribution in [2.45, 2.75) is 13.3 Å². The second kappa shape index (κ2) is 4.77. The molecule has 0 unspecified atom stereocenters. The van der Waals surface area contributed by atoms with Crippen molar-refractivity contribution in [3.05, 3.63) is 33.8 Å². The highest BCUT2D eigenvalue weighted by atomic mass is 32.1. The molecule has 0 amide bonds. The van der Waals surface area contributed by atoms with E-state index in [2.05, 4.69) is 9.97 Å². The fourth-order valence-electron chi connectivity index (χ4n) is 1.45. The largest absolute Gasteiger partial charge is 0.478 e. The number of alkyl halides is 2. The highest BCUT2D eigenvalue weighted by Gasteiger charge is 2.22. The predicted molar refractivity (Wildman–Crippen MR) is 62.0 cm³/mol. The zero-order valence-corrected chi connectivity index (χ0v) is 10.0. The first-order valence-electron chi connectivity index (χ1n) is 4.92. The first-order valence-corrected chi connectivity index (χ1v) is 5.86. The smallest absolute Gasteiger partial charge is 0.339 e. The number of thiophene rings is 1. The number of halogens is 2. The van der Waals surface area contributed by atoms with Gasteiger partial charge in [-0.2, -0.15) is 11.3 Å². The van der Waals surface area contributed by atoms with Crippen molar-refractivity contribution in [3.8, 4) is 11.4 Å². The molecular formula is C11H8F2N2O2S. The van der Waals surface area contributed by atoms with Gasteiger partial charge in [0, 0.05) is 17.1 Å². The number of rotatable bonds is 3. The summed E-state index contributed by atoms with van der Waals surface area (Å²) in [5.74, 6) is -1.34. The zero-order valence-electron chi connectivity index (χ0n) is 9.22. The number of nitrogens with zero attached hydrogens (tertiary/aromatic N) is 2. The maximum Gasteiger partial charge on any atom is 0.339 e. The highest BCUT2D eigenvalue weighted by Crippen LogP contribution is 2.27. The minimum Gasteiger partial charge on any atom is -0.478 e. The van der Waals surface area contributed by atoms with Crippen LogP contribution in [0.5, 0.6) is 0 Å². The SMILES string of the molecule is Cc1cscc1-c1ncc(C(=O)O)c(C(F)F)n1. The van der Waals surface area contributed by atoms with E-state index in [4.69, 9.17) is 5.11 Å².